The summed E-state index contributed by atoms with van der Waals surface area (Å²) in [5.74, 6) is -2.08. The van der Waals surface area contributed by atoms with Crippen molar-refractivity contribution in [2.75, 3.05) is 26.2 Å². The normalized spacial score (nSPS) is 22.9. The van der Waals surface area contributed by atoms with E-state index in [0.29, 0.717) is 18.5 Å². The number of halogens is 1. The van der Waals surface area contributed by atoms with Gasteiger partial charge in [-0.1, -0.05) is 0 Å². The van der Waals surface area contributed by atoms with E-state index in [-0.39, 0.29) is 12.4 Å². The van der Waals surface area contributed by atoms with Gasteiger partial charge in [-0.05, 0) is 44.2 Å². The lowest BCUT2D eigenvalue weighted by atomic mass is 9.71. The predicted molar refractivity (Wildman–Crippen MR) is 65.2 cm³/mol. The first kappa shape index (κ1) is 14.3. The molecule has 0 bridgehead atoms. The Kier molecular flexibility index (Phi) is 4.77. The number of piperidine rings is 2. The van der Waals surface area contributed by atoms with Gasteiger partial charge in [-0.15, -0.1) is 12.4 Å². The molecule has 0 radical (unpaired) electrons. The molecular formula is C11H19ClN2O3. The Hall–Kier alpha value is -0.810. The van der Waals surface area contributed by atoms with E-state index in [1.165, 1.54) is 4.90 Å². The van der Waals surface area contributed by atoms with Crippen molar-refractivity contribution in [1.82, 2.24) is 10.2 Å². The summed E-state index contributed by atoms with van der Waals surface area (Å²) in [7, 11) is 0. The van der Waals surface area contributed by atoms with Crippen LogP contribution in [0.25, 0.3) is 0 Å². The zero-order valence-electron chi connectivity index (χ0n) is 9.78. The van der Waals surface area contributed by atoms with Crippen molar-refractivity contribution in [1.29, 1.82) is 0 Å². The summed E-state index contributed by atoms with van der Waals surface area (Å²) in [4.78, 5) is 23.3. The van der Waals surface area contributed by atoms with Gasteiger partial charge in [0.15, 0.2) is 0 Å². The smallest absolute Gasteiger partial charge is 0.394 e. The number of aliphatic carboxylic acids is 1. The molecule has 2 rings (SSSR count). The Morgan fingerprint density at radius 2 is 1.59 bits per heavy atom. The van der Waals surface area contributed by atoms with E-state index in [4.69, 9.17) is 5.11 Å². The third-order valence-electron chi connectivity index (χ3n) is 3.96. The maximum Gasteiger partial charge on any atom is 0.394 e. The fraction of sp³-hybridized carbons (Fsp3) is 0.818. The van der Waals surface area contributed by atoms with E-state index < -0.39 is 11.9 Å². The van der Waals surface area contributed by atoms with Crippen LogP contribution in [0.4, 0.5) is 0 Å². The average Bonchev–Trinajstić information content (AvgIpc) is 2.30. The van der Waals surface area contributed by atoms with Crippen molar-refractivity contribution >= 4 is 24.3 Å². The Bertz CT molecular complexity index is 293. The van der Waals surface area contributed by atoms with E-state index in [9.17, 15) is 9.59 Å². The van der Waals surface area contributed by atoms with Crippen LogP contribution in [0.15, 0.2) is 0 Å². The van der Waals surface area contributed by atoms with Crippen LogP contribution >= 0.6 is 12.4 Å². The molecule has 0 aromatic heterocycles. The van der Waals surface area contributed by atoms with Gasteiger partial charge in [0.05, 0.1) is 0 Å². The molecule has 2 saturated heterocycles. The number of hydrogen-bond donors (Lipinski definition) is 2. The maximum absolute atomic E-state index is 11.3. The Balaban J connectivity index is 0.00000144. The van der Waals surface area contributed by atoms with Crippen LogP contribution in [0.3, 0.4) is 0 Å². The van der Waals surface area contributed by atoms with Crippen molar-refractivity contribution in [3.8, 4) is 0 Å². The highest BCUT2D eigenvalue weighted by Gasteiger charge is 2.37. The van der Waals surface area contributed by atoms with Crippen molar-refractivity contribution < 1.29 is 14.7 Å². The summed E-state index contributed by atoms with van der Waals surface area (Å²) in [6.45, 7) is 3.30. The van der Waals surface area contributed by atoms with E-state index in [2.05, 4.69) is 5.32 Å². The number of nitrogens with zero attached hydrogens (tertiary/aromatic N) is 1. The van der Waals surface area contributed by atoms with Gasteiger partial charge in [0.2, 0.25) is 0 Å². The molecule has 2 fully saturated rings. The highest BCUT2D eigenvalue weighted by molar-refractivity contribution is 6.31. The van der Waals surface area contributed by atoms with E-state index in [0.717, 1.165) is 38.8 Å². The minimum atomic E-state index is -1.33. The van der Waals surface area contributed by atoms with E-state index in [1.807, 2.05) is 0 Å². The Labute approximate surface area is 107 Å². The van der Waals surface area contributed by atoms with Crippen LogP contribution in [0, 0.1) is 5.41 Å². The monoisotopic (exact) mass is 262 g/mol. The van der Waals surface area contributed by atoms with Gasteiger partial charge in [-0.25, -0.2) is 4.79 Å². The zero-order chi connectivity index (χ0) is 11.6. The molecule has 1 amide bonds. The molecule has 98 valence electrons. The fourth-order valence-electron chi connectivity index (χ4n) is 2.78. The molecule has 2 aliphatic heterocycles. The van der Waals surface area contributed by atoms with Gasteiger partial charge in [0.25, 0.3) is 0 Å². The molecule has 17 heavy (non-hydrogen) atoms. The molecule has 2 N–H and O–H groups in total. The Morgan fingerprint density at radius 3 is 2.06 bits per heavy atom. The molecule has 0 saturated carbocycles. The van der Waals surface area contributed by atoms with Gasteiger partial charge in [-0.2, -0.15) is 0 Å². The van der Waals surface area contributed by atoms with Crippen LogP contribution < -0.4 is 5.32 Å². The second-order valence-corrected chi connectivity index (χ2v) is 4.85. The van der Waals surface area contributed by atoms with Crippen LogP contribution in [0.2, 0.25) is 0 Å². The second kappa shape index (κ2) is 5.69. The first-order chi connectivity index (χ1) is 7.63. The number of rotatable bonds is 0. The minimum absolute atomic E-state index is 0. The first-order valence-corrected chi connectivity index (χ1v) is 5.86. The number of carboxylic acid groups (broad SMARTS) is 1. The predicted octanol–water partition coefficient (Wildman–Crippen LogP) is 0.485. The summed E-state index contributed by atoms with van der Waals surface area (Å²) in [6.07, 6.45) is 4.21. The zero-order valence-corrected chi connectivity index (χ0v) is 10.6. The summed E-state index contributed by atoms with van der Waals surface area (Å²) in [5.41, 5.74) is 0.362. The van der Waals surface area contributed by atoms with Crippen molar-refractivity contribution in [3.05, 3.63) is 0 Å². The van der Waals surface area contributed by atoms with Crippen molar-refractivity contribution in [3.63, 3.8) is 0 Å². The average molecular weight is 263 g/mol. The number of carboxylic acids is 1. The van der Waals surface area contributed by atoms with Crippen LogP contribution in [0.1, 0.15) is 25.7 Å². The van der Waals surface area contributed by atoms with Gasteiger partial charge < -0.3 is 15.3 Å². The molecule has 2 aliphatic rings. The van der Waals surface area contributed by atoms with Crippen LogP contribution in [-0.2, 0) is 9.59 Å². The molecule has 0 aromatic carbocycles. The number of likely N-dealkylation sites (tertiary alicyclic amines) is 1. The SMILES string of the molecule is Cl.O=C(O)C(=O)N1CCC2(CCNCC2)CC1. The Morgan fingerprint density at radius 1 is 1.06 bits per heavy atom. The van der Waals surface area contributed by atoms with Crippen LogP contribution in [-0.4, -0.2) is 48.1 Å². The lowest BCUT2D eigenvalue weighted by molar-refractivity contribution is -0.157. The minimum Gasteiger partial charge on any atom is -0.474 e. The number of nitrogens with one attached hydrogen (secondary N) is 1. The summed E-state index contributed by atoms with van der Waals surface area (Å²) < 4.78 is 0. The molecule has 2 heterocycles. The quantitative estimate of drug-likeness (QED) is 0.623. The van der Waals surface area contributed by atoms with E-state index in [1.54, 1.807) is 0 Å². The fourth-order valence-corrected chi connectivity index (χ4v) is 2.78. The summed E-state index contributed by atoms with van der Waals surface area (Å²) >= 11 is 0. The molecule has 0 aliphatic carbocycles. The van der Waals surface area contributed by atoms with Gasteiger partial charge in [0, 0.05) is 13.1 Å². The second-order valence-electron chi connectivity index (χ2n) is 4.85. The lowest BCUT2D eigenvalue weighted by Crippen LogP contribution is -2.48. The van der Waals surface area contributed by atoms with Crippen molar-refractivity contribution in [2.24, 2.45) is 5.41 Å². The largest absolute Gasteiger partial charge is 0.474 e. The number of amides is 1. The lowest BCUT2D eigenvalue weighted by Gasteiger charge is -2.44. The maximum atomic E-state index is 11.3. The summed E-state index contributed by atoms with van der Waals surface area (Å²) in [6, 6.07) is 0. The molecular weight excluding hydrogens is 244 g/mol. The molecule has 6 heteroatoms. The third kappa shape index (κ3) is 3.10. The van der Waals surface area contributed by atoms with Gasteiger partial charge in [0.1, 0.15) is 0 Å². The van der Waals surface area contributed by atoms with Crippen LogP contribution in [0.5, 0.6) is 0 Å². The number of hydrogen-bond acceptors (Lipinski definition) is 3. The molecule has 0 atom stereocenters. The first-order valence-electron chi connectivity index (χ1n) is 5.86. The highest BCUT2D eigenvalue weighted by atomic mass is 35.5. The molecule has 0 aromatic rings. The van der Waals surface area contributed by atoms with Gasteiger partial charge in [-0.3, -0.25) is 4.79 Å². The number of carbonyl (C=O) groups excluding carboxylic acids is 1. The number of carbonyl (C=O) groups is 2. The highest BCUT2D eigenvalue weighted by Crippen LogP contribution is 2.39. The molecule has 1 spiro atoms. The summed E-state index contributed by atoms with van der Waals surface area (Å²) in [5, 5.41) is 12.0. The van der Waals surface area contributed by atoms with Crippen molar-refractivity contribution in [2.45, 2.75) is 25.7 Å². The third-order valence-corrected chi connectivity index (χ3v) is 3.96. The molecule has 5 nitrogen and oxygen atoms in total. The topological polar surface area (TPSA) is 69.6 Å². The van der Waals surface area contributed by atoms with E-state index >= 15 is 0 Å². The standard InChI is InChI=1S/C11H18N2O3.ClH/c14-9(10(15)16)13-7-3-11(4-8-13)1-5-12-6-2-11;/h12H,1-8H2,(H,15,16);1H. The molecule has 0 unspecified atom stereocenters. The van der Waals surface area contributed by atoms with Gasteiger partial charge >= 0.3 is 11.9 Å².